The van der Waals surface area contributed by atoms with Gasteiger partial charge in [-0.15, -0.1) is 11.3 Å². The quantitative estimate of drug-likeness (QED) is 0.788. The normalized spacial score (nSPS) is 11.4. The molecule has 0 atom stereocenters. The average Bonchev–Trinajstić information content (AvgIpc) is 2.71. The van der Waals surface area contributed by atoms with Gasteiger partial charge in [0.15, 0.2) is 0 Å². The molecule has 0 bridgehead atoms. The zero-order chi connectivity index (χ0) is 14.0. The second-order valence-electron chi connectivity index (χ2n) is 5.26. The van der Waals surface area contributed by atoms with Gasteiger partial charge in [-0.1, -0.05) is 0 Å². The molecule has 100 valence electrons. The lowest BCUT2D eigenvalue weighted by Crippen LogP contribution is -2.25. The zero-order valence-corrected chi connectivity index (χ0v) is 12.2. The maximum absolute atomic E-state index is 11.9. The molecule has 2 aromatic heterocycles. The summed E-state index contributed by atoms with van der Waals surface area (Å²) in [6.07, 6.45) is 3.46. The van der Waals surface area contributed by atoms with Crippen LogP contribution in [-0.2, 0) is 4.79 Å². The number of esters is 1. The summed E-state index contributed by atoms with van der Waals surface area (Å²) < 4.78 is 5.35. The molecule has 2 aromatic rings. The van der Waals surface area contributed by atoms with Gasteiger partial charge in [-0.05, 0) is 39.8 Å². The van der Waals surface area contributed by atoms with Gasteiger partial charge in [0, 0.05) is 18.0 Å². The van der Waals surface area contributed by atoms with E-state index in [9.17, 15) is 4.79 Å². The number of hydrogen-bond donors (Lipinski definition) is 0. The van der Waals surface area contributed by atoms with Crippen molar-refractivity contribution in [3.63, 3.8) is 0 Å². The first-order valence-electron chi connectivity index (χ1n) is 5.98. The van der Waals surface area contributed by atoms with Crippen molar-refractivity contribution in [2.24, 2.45) is 5.41 Å². The van der Waals surface area contributed by atoms with Crippen LogP contribution in [0, 0.1) is 12.3 Å². The molecule has 0 amide bonds. The van der Waals surface area contributed by atoms with E-state index in [0.717, 1.165) is 15.4 Å². The monoisotopic (exact) mass is 276 g/mol. The van der Waals surface area contributed by atoms with Crippen LogP contribution in [0.2, 0.25) is 0 Å². The molecule has 2 rings (SSSR count). The molecule has 19 heavy (non-hydrogen) atoms. The minimum atomic E-state index is -0.537. The SMILES string of the molecule is Cc1sc(-c2cccnc2)nc1OC(=O)C(C)(C)C. The Morgan fingerprint density at radius 3 is 2.68 bits per heavy atom. The molecular formula is C14H16N2O2S. The summed E-state index contributed by atoms with van der Waals surface area (Å²) >= 11 is 1.49. The van der Waals surface area contributed by atoms with Gasteiger partial charge in [-0.25, -0.2) is 4.98 Å². The van der Waals surface area contributed by atoms with Crippen LogP contribution in [0.4, 0.5) is 0 Å². The molecule has 0 radical (unpaired) electrons. The highest BCUT2D eigenvalue weighted by atomic mass is 32.1. The van der Waals surface area contributed by atoms with E-state index in [4.69, 9.17) is 4.74 Å². The van der Waals surface area contributed by atoms with Crippen molar-refractivity contribution in [2.75, 3.05) is 0 Å². The first-order chi connectivity index (χ1) is 8.88. The molecule has 4 nitrogen and oxygen atoms in total. The molecule has 0 aliphatic rings. The number of aromatic nitrogens is 2. The standard InChI is InChI=1S/C14H16N2O2S/c1-9-11(18-13(17)14(2,3)4)16-12(19-9)10-6-5-7-15-8-10/h5-8H,1-4H3. The Hall–Kier alpha value is -1.75. The van der Waals surface area contributed by atoms with Crippen LogP contribution in [0.5, 0.6) is 5.88 Å². The highest BCUT2D eigenvalue weighted by molar-refractivity contribution is 7.15. The Morgan fingerprint density at radius 2 is 2.11 bits per heavy atom. The number of pyridine rings is 1. The van der Waals surface area contributed by atoms with E-state index in [1.807, 2.05) is 39.8 Å². The third-order valence-electron chi connectivity index (χ3n) is 2.46. The minimum absolute atomic E-state index is 0.279. The maximum atomic E-state index is 11.9. The van der Waals surface area contributed by atoms with Crippen LogP contribution in [-0.4, -0.2) is 15.9 Å². The smallest absolute Gasteiger partial charge is 0.317 e. The topological polar surface area (TPSA) is 52.1 Å². The van der Waals surface area contributed by atoms with E-state index >= 15 is 0 Å². The molecule has 0 spiro atoms. The van der Waals surface area contributed by atoms with Crippen molar-refractivity contribution in [2.45, 2.75) is 27.7 Å². The molecule has 0 aromatic carbocycles. The summed E-state index contributed by atoms with van der Waals surface area (Å²) in [6.45, 7) is 7.35. The van der Waals surface area contributed by atoms with Crippen LogP contribution < -0.4 is 4.74 Å². The number of rotatable bonds is 2. The van der Waals surface area contributed by atoms with Gasteiger partial charge in [-0.3, -0.25) is 9.78 Å². The fourth-order valence-electron chi connectivity index (χ4n) is 1.33. The summed E-state index contributed by atoms with van der Waals surface area (Å²) in [7, 11) is 0. The summed E-state index contributed by atoms with van der Waals surface area (Å²) in [6, 6.07) is 3.79. The third-order valence-corrected chi connectivity index (χ3v) is 3.47. The van der Waals surface area contributed by atoms with Crippen LogP contribution in [0.3, 0.4) is 0 Å². The average molecular weight is 276 g/mol. The molecule has 0 saturated heterocycles. The summed E-state index contributed by atoms with van der Waals surface area (Å²) in [5.74, 6) is 0.113. The molecule has 0 N–H and O–H groups in total. The lowest BCUT2D eigenvalue weighted by atomic mass is 9.97. The van der Waals surface area contributed by atoms with Gasteiger partial charge in [0.2, 0.25) is 5.88 Å². The van der Waals surface area contributed by atoms with Crippen molar-refractivity contribution in [1.29, 1.82) is 0 Å². The maximum Gasteiger partial charge on any atom is 0.317 e. The van der Waals surface area contributed by atoms with Gasteiger partial charge < -0.3 is 4.74 Å². The van der Waals surface area contributed by atoms with E-state index in [-0.39, 0.29) is 5.97 Å². The van der Waals surface area contributed by atoms with E-state index in [1.165, 1.54) is 11.3 Å². The van der Waals surface area contributed by atoms with Crippen molar-refractivity contribution in [1.82, 2.24) is 9.97 Å². The molecule has 0 aliphatic carbocycles. The fourth-order valence-corrected chi connectivity index (χ4v) is 2.16. The van der Waals surface area contributed by atoms with Crippen LogP contribution in [0.15, 0.2) is 24.5 Å². The number of hydrogen-bond acceptors (Lipinski definition) is 5. The molecular weight excluding hydrogens is 260 g/mol. The Labute approximate surface area is 116 Å². The van der Waals surface area contributed by atoms with Crippen LogP contribution >= 0.6 is 11.3 Å². The summed E-state index contributed by atoms with van der Waals surface area (Å²) in [5, 5.41) is 0.808. The lowest BCUT2D eigenvalue weighted by molar-refractivity contribution is -0.143. The van der Waals surface area contributed by atoms with Crippen molar-refractivity contribution in [3.8, 4) is 16.5 Å². The number of carbonyl (C=O) groups excluding carboxylic acids is 1. The number of ether oxygens (including phenoxy) is 1. The Bertz CT molecular complexity index is 585. The molecule has 0 unspecified atom stereocenters. The molecule has 2 heterocycles. The van der Waals surface area contributed by atoms with Crippen LogP contribution in [0.1, 0.15) is 25.6 Å². The number of carbonyl (C=O) groups is 1. The fraction of sp³-hybridized carbons (Fsp3) is 0.357. The summed E-state index contributed by atoms with van der Waals surface area (Å²) in [4.78, 5) is 21.2. The van der Waals surface area contributed by atoms with Crippen molar-refractivity contribution >= 4 is 17.3 Å². The first-order valence-corrected chi connectivity index (χ1v) is 6.79. The largest absolute Gasteiger partial charge is 0.406 e. The zero-order valence-electron chi connectivity index (χ0n) is 11.4. The Kier molecular flexibility index (Phi) is 3.66. The van der Waals surface area contributed by atoms with Gasteiger partial charge in [0.05, 0.1) is 10.3 Å². The molecule has 0 fully saturated rings. The van der Waals surface area contributed by atoms with E-state index in [0.29, 0.717) is 5.88 Å². The predicted molar refractivity (Wildman–Crippen MR) is 75.2 cm³/mol. The van der Waals surface area contributed by atoms with E-state index < -0.39 is 5.41 Å². The molecule has 0 aliphatic heterocycles. The second kappa shape index (κ2) is 5.09. The van der Waals surface area contributed by atoms with Gasteiger partial charge >= 0.3 is 5.97 Å². The number of thiazole rings is 1. The van der Waals surface area contributed by atoms with E-state index in [1.54, 1.807) is 12.4 Å². The van der Waals surface area contributed by atoms with Gasteiger partial charge in [-0.2, -0.15) is 0 Å². The van der Waals surface area contributed by atoms with Crippen molar-refractivity contribution < 1.29 is 9.53 Å². The minimum Gasteiger partial charge on any atom is -0.406 e. The highest BCUT2D eigenvalue weighted by Gasteiger charge is 2.25. The molecule has 5 heteroatoms. The van der Waals surface area contributed by atoms with Gasteiger partial charge in [0.25, 0.3) is 0 Å². The van der Waals surface area contributed by atoms with Crippen molar-refractivity contribution in [3.05, 3.63) is 29.4 Å². The third kappa shape index (κ3) is 3.17. The Morgan fingerprint density at radius 1 is 1.37 bits per heavy atom. The summed E-state index contributed by atoms with van der Waals surface area (Å²) in [5.41, 5.74) is 0.388. The first kappa shape index (κ1) is 13.7. The number of nitrogens with zero attached hydrogens (tertiary/aromatic N) is 2. The molecule has 0 saturated carbocycles. The van der Waals surface area contributed by atoms with Gasteiger partial charge in [0.1, 0.15) is 5.01 Å². The second-order valence-corrected chi connectivity index (χ2v) is 6.46. The van der Waals surface area contributed by atoms with Crippen LogP contribution in [0.25, 0.3) is 10.6 Å². The number of aryl methyl sites for hydroxylation is 1. The Balaban J connectivity index is 2.25. The highest BCUT2D eigenvalue weighted by Crippen LogP contribution is 2.32. The lowest BCUT2D eigenvalue weighted by Gasteiger charge is -2.15. The predicted octanol–water partition coefficient (Wildman–Crippen LogP) is 3.47. The van der Waals surface area contributed by atoms with E-state index in [2.05, 4.69) is 9.97 Å².